The molecule has 0 saturated carbocycles. The molecule has 3 rings (SSSR count). The van der Waals surface area contributed by atoms with E-state index in [1.165, 1.54) is 10.9 Å². The number of para-hydroxylation sites is 1. The minimum Gasteiger partial charge on any atom is -0.478 e. The lowest BCUT2D eigenvalue weighted by Crippen LogP contribution is -2.37. The van der Waals surface area contributed by atoms with E-state index >= 15 is 0 Å². The Labute approximate surface area is 233 Å². The van der Waals surface area contributed by atoms with E-state index in [1.54, 1.807) is 24.8 Å². The fourth-order valence-electron chi connectivity index (χ4n) is 4.35. The van der Waals surface area contributed by atoms with E-state index in [-0.39, 0.29) is 48.5 Å². The van der Waals surface area contributed by atoms with Gasteiger partial charge in [-0.15, -0.1) is 0 Å². The number of nitrogens with one attached hydrogen (secondary N) is 3. The summed E-state index contributed by atoms with van der Waals surface area (Å²) in [7, 11) is 3.59. The third kappa shape index (κ3) is 7.48. The van der Waals surface area contributed by atoms with Gasteiger partial charge in [-0.05, 0) is 44.5 Å². The number of anilines is 1. The van der Waals surface area contributed by atoms with E-state index in [0.717, 1.165) is 0 Å². The number of carbonyl (C=O) groups is 2. The van der Waals surface area contributed by atoms with Crippen molar-refractivity contribution in [2.24, 2.45) is 12.5 Å². The minimum absolute atomic E-state index is 0.0411. The van der Waals surface area contributed by atoms with Gasteiger partial charge in [0.1, 0.15) is 5.69 Å². The minimum atomic E-state index is -0.586. The number of pyridine rings is 1. The summed E-state index contributed by atoms with van der Waals surface area (Å²) in [5.74, 6) is -0.196. The fourth-order valence-corrected chi connectivity index (χ4v) is 4.53. The second kappa shape index (κ2) is 12.9. The maximum absolute atomic E-state index is 13.4. The smallest absolute Gasteiger partial charge is 0.295 e. The summed E-state index contributed by atoms with van der Waals surface area (Å²) < 4.78 is 8.78. The molecule has 39 heavy (non-hydrogen) atoms. The Bertz CT molecular complexity index is 1370. The quantitative estimate of drug-likeness (QED) is 0.313. The zero-order chi connectivity index (χ0) is 28.7. The summed E-state index contributed by atoms with van der Waals surface area (Å²) in [4.78, 5) is 43.4. The molecule has 1 aromatic carbocycles. The van der Waals surface area contributed by atoms with Crippen LogP contribution in [0.4, 0.5) is 5.69 Å². The average Bonchev–Trinajstić information content (AvgIpc) is 3.13. The van der Waals surface area contributed by atoms with Crippen LogP contribution in [0.5, 0.6) is 5.88 Å². The van der Waals surface area contributed by atoms with Gasteiger partial charge in [0.2, 0.25) is 17.7 Å². The van der Waals surface area contributed by atoms with E-state index < -0.39 is 5.41 Å². The van der Waals surface area contributed by atoms with Crippen LogP contribution in [0.3, 0.4) is 0 Å². The van der Waals surface area contributed by atoms with Gasteiger partial charge in [0.05, 0.1) is 29.4 Å². The molecule has 0 aliphatic rings. The Morgan fingerprint density at radius 1 is 1.18 bits per heavy atom. The summed E-state index contributed by atoms with van der Waals surface area (Å²) >= 11 is 6.05. The van der Waals surface area contributed by atoms with Crippen LogP contribution in [0.15, 0.2) is 47.4 Å². The normalized spacial score (nSPS) is 12.2. The molecule has 3 aromatic rings. The second-order valence-corrected chi connectivity index (χ2v) is 10.6. The Morgan fingerprint density at radius 2 is 1.87 bits per heavy atom. The lowest BCUT2D eigenvalue weighted by atomic mass is 9.88. The summed E-state index contributed by atoms with van der Waals surface area (Å²) in [6.45, 7) is 8.18. The fraction of sp³-hybridized carbons (Fsp3) is 0.429. The van der Waals surface area contributed by atoms with Crippen LogP contribution in [0.2, 0.25) is 5.02 Å². The standard InChI is InChI=1S/C28H37ClN6O4/c1-7-39-26-19(13-20(29)16-31-26)14-22(36)32-17-28(3,4)15-23(37)33-24-25(18(2)30-5)34(6)35(27(24)38)21-11-9-8-10-12-21/h8-13,16,18,30H,7,14-15,17H2,1-6H3,(H,32,36)(H,33,37). The third-order valence-electron chi connectivity index (χ3n) is 6.35. The van der Waals surface area contributed by atoms with Crippen molar-refractivity contribution in [3.63, 3.8) is 0 Å². The molecule has 2 amide bonds. The Morgan fingerprint density at radius 3 is 2.51 bits per heavy atom. The van der Waals surface area contributed by atoms with Crippen molar-refractivity contribution in [1.82, 2.24) is 25.0 Å². The zero-order valence-electron chi connectivity index (χ0n) is 23.3. The highest BCUT2D eigenvalue weighted by Crippen LogP contribution is 2.25. The highest BCUT2D eigenvalue weighted by molar-refractivity contribution is 6.30. The lowest BCUT2D eigenvalue weighted by Gasteiger charge is -2.24. The maximum atomic E-state index is 13.4. The van der Waals surface area contributed by atoms with Crippen LogP contribution in [0.25, 0.3) is 5.69 Å². The number of ether oxygens (including phenoxy) is 1. The highest BCUT2D eigenvalue weighted by Gasteiger charge is 2.28. The van der Waals surface area contributed by atoms with Crippen molar-refractivity contribution in [1.29, 1.82) is 0 Å². The Hall–Kier alpha value is -3.63. The van der Waals surface area contributed by atoms with Gasteiger partial charge in [0.25, 0.3) is 5.56 Å². The number of aromatic nitrogens is 3. The van der Waals surface area contributed by atoms with Gasteiger partial charge in [-0.2, -0.15) is 0 Å². The molecule has 10 nitrogen and oxygen atoms in total. The summed E-state index contributed by atoms with van der Waals surface area (Å²) in [6, 6.07) is 10.7. The molecule has 0 radical (unpaired) electrons. The molecule has 3 N–H and O–H groups in total. The first kappa shape index (κ1) is 29.9. The number of halogens is 1. The van der Waals surface area contributed by atoms with Gasteiger partial charge < -0.3 is 20.7 Å². The van der Waals surface area contributed by atoms with E-state index in [1.807, 2.05) is 58.0 Å². The molecule has 1 atom stereocenters. The van der Waals surface area contributed by atoms with Crippen molar-refractivity contribution in [3.8, 4) is 11.6 Å². The van der Waals surface area contributed by atoms with Crippen molar-refractivity contribution < 1.29 is 14.3 Å². The van der Waals surface area contributed by atoms with Crippen molar-refractivity contribution in [3.05, 3.63) is 69.2 Å². The molecule has 2 heterocycles. The number of hydrogen-bond acceptors (Lipinski definition) is 6. The summed E-state index contributed by atoms with van der Waals surface area (Å²) in [5.41, 5.74) is 1.26. The van der Waals surface area contributed by atoms with Gasteiger partial charge in [0, 0.05) is 37.8 Å². The van der Waals surface area contributed by atoms with Gasteiger partial charge in [-0.1, -0.05) is 43.6 Å². The van der Waals surface area contributed by atoms with Crippen molar-refractivity contribution in [2.75, 3.05) is 25.5 Å². The summed E-state index contributed by atoms with van der Waals surface area (Å²) in [5, 5.41) is 9.30. The van der Waals surface area contributed by atoms with Crippen LogP contribution in [0, 0.1) is 5.41 Å². The number of nitrogens with zero attached hydrogens (tertiary/aromatic N) is 3. The van der Waals surface area contributed by atoms with Crippen LogP contribution in [0.1, 0.15) is 51.4 Å². The molecular formula is C28H37ClN6O4. The van der Waals surface area contributed by atoms with E-state index in [2.05, 4.69) is 20.9 Å². The Kier molecular flexibility index (Phi) is 9.93. The van der Waals surface area contributed by atoms with Gasteiger partial charge >= 0.3 is 0 Å². The van der Waals surface area contributed by atoms with Crippen LogP contribution in [-0.4, -0.2) is 46.4 Å². The van der Waals surface area contributed by atoms with Crippen LogP contribution in [-0.2, 0) is 23.1 Å². The van der Waals surface area contributed by atoms with Gasteiger partial charge in [0.15, 0.2) is 0 Å². The topological polar surface area (TPSA) is 119 Å². The number of amides is 2. The summed E-state index contributed by atoms with van der Waals surface area (Å²) in [6.07, 6.45) is 1.60. The number of benzene rings is 1. The molecule has 0 spiro atoms. The van der Waals surface area contributed by atoms with Gasteiger partial charge in [-0.25, -0.2) is 9.67 Å². The molecule has 0 aliphatic carbocycles. The van der Waals surface area contributed by atoms with Crippen LogP contribution < -0.4 is 26.2 Å². The first-order chi connectivity index (χ1) is 18.5. The van der Waals surface area contributed by atoms with E-state index in [0.29, 0.717) is 34.5 Å². The largest absolute Gasteiger partial charge is 0.478 e. The molecule has 0 aliphatic heterocycles. The molecule has 0 saturated heterocycles. The molecule has 0 fully saturated rings. The third-order valence-corrected chi connectivity index (χ3v) is 6.55. The van der Waals surface area contributed by atoms with E-state index in [4.69, 9.17) is 16.3 Å². The predicted octanol–water partition coefficient (Wildman–Crippen LogP) is 3.62. The number of carbonyl (C=O) groups excluding carboxylic acids is 2. The second-order valence-electron chi connectivity index (χ2n) is 10.1. The molecule has 2 aromatic heterocycles. The molecular weight excluding hydrogens is 520 g/mol. The number of rotatable bonds is 12. The maximum Gasteiger partial charge on any atom is 0.295 e. The average molecular weight is 557 g/mol. The van der Waals surface area contributed by atoms with E-state index in [9.17, 15) is 14.4 Å². The van der Waals surface area contributed by atoms with Crippen molar-refractivity contribution in [2.45, 2.75) is 46.6 Å². The SMILES string of the molecule is CCOc1ncc(Cl)cc1CC(=O)NCC(C)(C)CC(=O)Nc1c(C(C)NC)n(C)n(-c2ccccc2)c1=O. The predicted molar refractivity (Wildman–Crippen MR) is 153 cm³/mol. The lowest BCUT2D eigenvalue weighted by molar-refractivity contribution is -0.122. The molecule has 1 unspecified atom stereocenters. The highest BCUT2D eigenvalue weighted by atomic mass is 35.5. The van der Waals surface area contributed by atoms with Crippen molar-refractivity contribution >= 4 is 29.1 Å². The first-order valence-electron chi connectivity index (χ1n) is 12.9. The molecule has 11 heteroatoms. The van der Waals surface area contributed by atoms with Crippen LogP contribution >= 0.6 is 11.6 Å². The molecule has 210 valence electrons. The molecule has 0 bridgehead atoms. The Balaban J connectivity index is 1.71. The zero-order valence-corrected chi connectivity index (χ0v) is 24.1. The number of hydrogen-bond donors (Lipinski definition) is 3. The first-order valence-corrected chi connectivity index (χ1v) is 13.2. The van der Waals surface area contributed by atoms with Gasteiger partial charge in [-0.3, -0.25) is 19.1 Å². The monoisotopic (exact) mass is 556 g/mol.